The number of carbonyl (C=O) groups is 2. The zero-order valence-corrected chi connectivity index (χ0v) is 11.1. The van der Waals surface area contributed by atoms with Crippen molar-refractivity contribution in [3.05, 3.63) is 0 Å². The highest BCUT2D eigenvalue weighted by Gasteiger charge is 2.42. The molecule has 5 nitrogen and oxygen atoms in total. The Labute approximate surface area is 108 Å². The van der Waals surface area contributed by atoms with Gasteiger partial charge in [0, 0.05) is 19.7 Å². The molecule has 5 heteroatoms. The summed E-state index contributed by atoms with van der Waals surface area (Å²) in [6, 6.07) is 0. The number of nitrogens with zero attached hydrogens (tertiary/aromatic N) is 1. The molecule has 0 spiro atoms. The van der Waals surface area contributed by atoms with Crippen LogP contribution in [0.4, 0.5) is 0 Å². The normalized spacial score (nSPS) is 27.2. The number of hydrogen-bond acceptors (Lipinski definition) is 3. The van der Waals surface area contributed by atoms with Crippen molar-refractivity contribution in [2.75, 3.05) is 19.7 Å². The molecule has 18 heavy (non-hydrogen) atoms. The van der Waals surface area contributed by atoms with Crippen molar-refractivity contribution in [3.63, 3.8) is 0 Å². The molecule has 104 valence electrons. The van der Waals surface area contributed by atoms with Gasteiger partial charge < -0.3 is 15.1 Å². The molecular formula is C13H23NO4. The predicted octanol–water partition coefficient (Wildman–Crippen LogP) is 0.964. The van der Waals surface area contributed by atoms with Crippen LogP contribution in [0.5, 0.6) is 0 Å². The van der Waals surface area contributed by atoms with Crippen molar-refractivity contribution >= 4 is 11.9 Å². The van der Waals surface area contributed by atoms with Crippen molar-refractivity contribution in [3.8, 4) is 0 Å². The average molecular weight is 257 g/mol. The summed E-state index contributed by atoms with van der Waals surface area (Å²) in [6.45, 7) is 4.99. The predicted molar refractivity (Wildman–Crippen MR) is 67.0 cm³/mol. The highest BCUT2D eigenvalue weighted by Crippen LogP contribution is 2.37. The Balaban J connectivity index is 2.70. The van der Waals surface area contributed by atoms with Crippen molar-refractivity contribution in [2.24, 2.45) is 17.8 Å². The minimum atomic E-state index is -0.865. The smallest absolute Gasteiger partial charge is 0.307 e. The third-order valence-corrected chi connectivity index (χ3v) is 3.71. The standard InChI is InChI=1S/C13H23NO4/c1-3-14(5-4-6-15)12(16)10-7-9(2)8-11(10)13(17)18/h9-11,15H,3-8H2,1-2H3,(H,17,18)/t9?,10-,11+/m0/s1. The van der Waals surface area contributed by atoms with Gasteiger partial charge in [-0.05, 0) is 32.1 Å². The Hall–Kier alpha value is -1.10. The number of rotatable bonds is 6. The highest BCUT2D eigenvalue weighted by molar-refractivity contribution is 5.85. The minimum Gasteiger partial charge on any atom is -0.481 e. The Bertz CT molecular complexity index is 305. The summed E-state index contributed by atoms with van der Waals surface area (Å²) in [4.78, 5) is 25.2. The third-order valence-electron chi connectivity index (χ3n) is 3.71. The van der Waals surface area contributed by atoms with E-state index in [1.165, 1.54) is 0 Å². The van der Waals surface area contributed by atoms with E-state index < -0.39 is 17.8 Å². The molecule has 0 aromatic heterocycles. The van der Waals surface area contributed by atoms with Crippen LogP contribution in [0.1, 0.15) is 33.1 Å². The van der Waals surface area contributed by atoms with Crippen LogP contribution in [0.3, 0.4) is 0 Å². The van der Waals surface area contributed by atoms with Gasteiger partial charge in [-0.1, -0.05) is 6.92 Å². The average Bonchev–Trinajstić information content (AvgIpc) is 2.72. The van der Waals surface area contributed by atoms with Crippen LogP contribution < -0.4 is 0 Å². The second-order valence-corrected chi connectivity index (χ2v) is 5.12. The SMILES string of the molecule is CCN(CCCO)C(=O)[C@H]1CC(C)C[C@H]1C(=O)O. The maximum Gasteiger partial charge on any atom is 0.307 e. The van der Waals surface area contributed by atoms with Crippen LogP contribution in [0.25, 0.3) is 0 Å². The largest absolute Gasteiger partial charge is 0.481 e. The van der Waals surface area contributed by atoms with E-state index in [1.54, 1.807) is 4.90 Å². The van der Waals surface area contributed by atoms with Crippen LogP contribution in [0, 0.1) is 17.8 Å². The van der Waals surface area contributed by atoms with Gasteiger partial charge in [-0.15, -0.1) is 0 Å². The molecule has 0 bridgehead atoms. The van der Waals surface area contributed by atoms with Gasteiger partial charge in [-0.2, -0.15) is 0 Å². The molecule has 1 unspecified atom stereocenters. The number of aliphatic hydroxyl groups excluding tert-OH is 1. The molecule has 0 aromatic rings. The molecule has 1 rings (SSSR count). The maximum atomic E-state index is 12.3. The number of amides is 1. The molecule has 1 saturated carbocycles. The van der Waals surface area contributed by atoms with Crippen molar-refractivity contribution < 1.29 is 19.8 Å². The van der Waals surface area contributed by atoms with Crippen molar-refractivity contribution in [1.82, 2.24) is 4.90 Å². The lowest BCUT2D eigenvalue weighted by molar-refractivity contribution is -0.149. The van der Waals surface area contributed by atoms with E-state index in [2.05, 4.69) is 0 Å². The molecule has 0 heterocycles. The first-order valence-corrected chi connectivity index (χ1v) is 6.63. The molecule has 0 saturated heterocycles. The molecule has 0 radical (unpaired) electrons. The van der Waals surface area contributed by atoms with E-state index in [1.807, 2.05) is 13.8 Å². The zero-order chi connectivity index (χ0) is 13.7. The topological polar surface area (TPSA) is 77.8 Å². The monoisotopic (exact) mass is 257 g/mol. The number of carbonyl (C=O) groups excluding carboxylic acids is 1. The quantitative estimate of drug-likeness (QED) is 0.743. The van der Waals surface area contributed by atoms with Crippen LogP contribution in [-0.4, -0.2) is 46.7 Å². The summed E-state index contributed by atoms with van der Waals surface area (Å²) in [5.74, 6) is -1.58. The number of carboxylic acids is 1. The minimum absolute atomic E-state index is 0.0488. The first-order valence-electron chi connectivity index (χ1n) is 6.63. The first-order chi connectivity index (χ1) is 8.51. The Morgan fingerprint density at radius 2 is 1.89 bits per heavy atom. The number of carboxylic acid groups (broad SMARTS) is 1. The van der Waals surface area contributed by atoms with Gasteiger partial charge in [-0.3, -0.25) is 9.59 Å². The van der Waals surface area contributed by atoms with Gasteiger partial charge in [0.05, 0.1) is 11.8 Å². The molecule has 3 atom stereocenters. The summed E-state index contributed by atoms with van der Waals surface area (Å²) in [6.07, 6.45) is 1.79. The Morgan fingerprint density at radius 1 is 1.28 bits per heavy atom. The summed E-state index contributed by atoms with van der Waals surface area (Å²) in [7, 11) is 0. The van der Waals surface area contributed by atoms with Gasteiger partial charge in [0.1, 0.15) is 0 Å². The number of aliphatic hydroxyl groups is 1. The lowest BCUT2D eigenvalue weighted by atomic mass is 9.94. The van der Waals surface area contributed by atoms with E-state index in [0.717, 1.165) is 0 Å². The maximum absolute atomic E-state index is 12.3. The lowest BCUT2D eigenvalue weighted by Crippen LogP contribution is -2.39. The molecule has 1 aliphatic rings. The van der Waals surface area contributed by atoms with E-state index >= 15 is 0 Å². The van der Waals surface area contributed by atoms with Crippen LogP contribution in [0.15, 0.2) is 0 Å². The van der Waals surface area contributed by atoms with Gasteiger partial charge in [0.15, 0.2) is 0 Å². The fourth-order valence-corrected chi connectivity index (χ4v) is 2.76. The third kappa shape index (κ3) is 3.45. The molecule has 1 amide bonds. The fourth-order valence-electron chi connectivity index (χ4n) is 2.76. The van der Waals surface area contributed by atoms with Gasteiger partial charge >= 0.3 is 5.97 Å². The number of hydrogen-bond donors (Lipinski definition) is 2. The van der Waals surface area contributed by atoms with Gasteiger partial charge in [0.2, 0.25) is 5.91 Å². The molecule has 2 N–H and O–H groups in total. The summed E-state index contributed by atoms with van der Waals surface area (Å²) >= 11 is 0. The van der Waals surface area contributed by atoms with Gasteiger partial charge in [0.25, 0.3) is 0 Å². The molecule has 1 fully saturated rings. The Kier molecular flexibility index (Phi) is 5.59. The second-order valence-electron chi connectivity index (χ2n) is 5.12. The van der Waals surface area contributed by atoms with E-state index in [0.29, 0.717) is 32.4 Å². The van der Waals surface area contributed by atoms with E-state index in [4.69, 9.17) is 5.11 Å². The highest BCUT2D eigenvalue weighted by atomic mass is 16.4. The molecule has 0 aromatic carbocycles. The zero-order valence-electron chi connectivity index (χ0n) is 11.1. The van der Waals surface area contributed by atoms with Crippen LogP contribution in [0.2, 0.25) is 0 Å². The van der Waals surface area contributed by atoms with E-state index in [9.17, 15) is 14.7 Å². The van der Waals surface area contributed by atoms with Crippen LogP contribution >= 0.6 is 0 Å². The summed E-state index contributed by atoms with van der Waals surface area (Å²) < 4.78 is 0. The van der Waals surface area contributed by atoms with E-state index in [-0.39, 0.29) is 18.4 Å². The summed E-state index contributed by atoms with van der Waals surface area (Å²) in [5.41, 5.74) is 0. The lowest BCUT2D eigenvalue weighted by Gasteiger charge is -2.25. The van der Waals surface area contributed by atoms with Crippen molar-refractivity contribution in [1.29, 1.82) is 0 Å². The molecule has 0 aliphatic heterocycles. The number of aliphatic carboxylic acids is 1. The molecule has 1 aliphatic carbocycles. The Morgan fingerprint density at radius 3 is 2.39 bits per heavy atom. The first kappa shape index (κ1) is 15.0. The molecular weight excluding hydrogens is 234 g/mol. The summed E-state index contributed by atoms with van der Waals surface area (Å²) in [5, 5.41) is 18.0. The fraction of sp³-hybridized carbons (Fsp3) is 0.846. The second kappa shape index (κ2) is 6.73. The van der Waals surface area contributed by atoms with Crippen molar-refractivity contribution in [2.45, 2.75) is 33.1 Å². The van der Waals surface area contributed by atoms with Gasteiger partial charge in [-0.25, -0.2) is 0 Å². The van der Waals surface area contributed by atoms with Crippen LogP contribution in [-0.2, 0) is 9.59 Å².